The molecule has 0 spiro atoms. The summed E-state index contributed by atoms with van der Waals surface area (Å²) in [5, 5.41) is 2.62. The molecular formula is C23H18F3N3O2. The number of rotatable bonds is 3. The number of carbonyl (C=O) groups excluding carboxylic acids is 2. The number of nitrogens with zero attached hydrogens (tertiary/aromatic N) is 2. The Morgan fingerprint density at radius 2 is 1.71 bits per heavy atom. The van der Waals surface area contributed by atoms with Gasteiger partial charge in [-0.15, -0.1) is 0 Å². The predicted molar refractivity (Wildman–Crippen MR) is 110 cm³/mol. The van der Waals surface area contributed by atoms with Crippen LogP contribution in [-0.4, -0.2) is 23.3 Å². The van der Waals surface area contributed by atoms with E-state index in [9.17, 15) is 22.8 Å². The van der Waals surface area contributed by atoms with Gasteiger partial charge in [0, 0.05) is 23.5 Å². The van der Waals surface area contributed by atoms with Crippen LogP contribution in [0.25, 0.3) is 0 Å². The van der Waals surface area contributed by atoms with E-state index in [0.29, 0.717) is 17.8 Å². The molecule has 31 heavy (non-hydrogen) atoms. The molecule has 0 bridgehead atoms. The fraction of sp³-hybridized carbons (Fsp3) is 0.174. The van der Waals surface area contributed by atoms with Crippen molar-refractivity contribution in [2.75, 3.05) is 16.8 Å². The molecule has 2 amide bonds. The van der Waals surface area contributed by atoms with Crippen LogP contribution in [0.5, 0.6) is 0 Å². The van der Waals surface area contributed by atoms with Crippen molar-refractivity contribution >= 4 is 23.2 Å². The van der Waals surface area contributed by atoms with Crippen LogP contribution in [0.2, 0.25) is 0 Å². The number of para-hydroxylation sites is 1. The van der Waals surface area contributed by atoms with Crippen molar-refractivity contribution in [2.24, 2.45) is 0 Å². The second kappa shape index (κ2) is 7.86. The van der Waals surface area contributed by atoms with Gasteiger partial charge in [-0.1, -0.05) is 18.2 Å². The number of anilines is 2. The first kappa shape index (κ1) is 20.6. The lowest BCUT2D eigenvalue weighted by molar-refractivity contribution is -0.141. The largest absolute Gasteiger partial charge is 0.433 e. The van der Waals surface area contributed by atoms with E-state index in [2.05, 4.69) is 10.3 Å². The molecule has 8 heteroatoms. The number of hydrogen-bond acceptors (Lipinski definition) is 3. The van der Waals surface area contributed by atoms with Crippen molar-refractivity contribution in [3.63, 3.8) is 0 Å². The normalized spacial score (nSPS) is 13.1. The number of benzene rings is 2. The first-order chi connectivity index (χ1) is 14.7. The van der Waals surface area contributed by atoms with Crippen LogP contribution >= 0.6 is 0 Å². The minimum atomic E-state index is -4.57. The molecule has 0 radical (unpaired) electrons. The van der Waals surface area contributed by atoms with Crippen molar-refractivity contribution in [3.05, 3.63) is 88.7 Å². The fourth-order valence-electron chi connectivity index (χ4n) is 3.56. The Labute approximate surface area is 176 Å². The summed E-state index contributed by atoms with van der Waals surface area (Å²) in [6.45, 7) is 1.96. The van der Waals surface area contributed by atoms with E-state index in [1.54, 1.807) is 29.2 Å². The molecule has 2 aromatic carbocycles. The minimum absolute atomic E-state index is 0.0215. The van der Waals surface area contributed by atoms with Crippen LogP contribution in [0, 0.1) is 6.92 Å². The molecule has 4 rings (SSSR count). The van der Waals surface area contributed by atoms with Gasteiger partial charge in [0.25, 0.3) is 11.8 Å². The Balaban J connectivity index is 1.47. The molecule has 1 N–H and O–H groups in total. The number of aromatic nitrogens is 1. The minimum Gasteiger partial charge on any atom is -0.322 e. The van der Waals surface area contributed by atoms with Crippen molar-refractivity contribution < 1.29 is 22.8 Å². The molecule has 0 saturated carbocycles. The highest BCUT2D eigenvalue weighted by molar-refractivity contribution is 6.08. The summed E-state index contributed by atoms with van der Waals surface area (Å²) in [7, 11) is 0. The SMILES string of the molecule is Cc1nc(C(F)(F)F)ccc1C(=O)Nc1ccc(C(=O)N2CCc3ccccc32)cc1. The van der Waals surface area contributed by atoms with Gasteiger partial charge < -0.3 is 10.2 Å². The Bertz CT molecular complexity index is 1160. The highest BCUT2D eigenvalue weighted by Gasteiger charge is 2.33. The first-order valence-corrected chi connectivity index (χ1v) is 9.60. The van der Waals surface area contributed by atoms with E-state index in [1.165, 1.54) is 6.92 Å². The Morgan fingerprint density at radius 1 is 1.00 bits per heavy atom. The van der Waals surface area contributed by atoms with E-state index in [4.69, 9.17) is 0 Å². The fourth-order valence-corrected chi connectivity index (χ4v) is 3.56. The monoisotopic (exact) mass is 425 g/mol. The third-order valence-corrected chi connectivity index (χ3v) is 5.14. The van der Waals surface area contributed by atoms with E-state index in [-0.39, 0.29) is 17.2 Å². The van der Waals surface area contributed by atoms with Crippen LogP contribution in [0.3, 0.4) is 0 Å². The molecule has 0 atom stereocenters. The van der Waals surface area contributed by atoms with Crippen LogP contribution in [0.4, 0.5) is 24.5 Å². The number of aryl methyl sites for hydroxylation is 1. The van der Waals surface area contributed by atoms with Crippen LogP contribution in [0.1, 0.15) is 37.7 Å². The second-order valence-electron chi connectivity index (χ2n) is 7.19. The van der Waals surface area contributed by atoms with Crippen LogP contribution in [0.15, 0.2) is 60.7 Å². The summed E-state index contributed by atoms with van der Waals surface area (Å²) < 4.78 is 38.3. The zero-order chi connectivity index (χ0) is 22.2. The van der Waals surface area contributed by atoms with Gasteiger partial charge >= 0.3 is 6.18 Å². The summed E-state index contributed by atoms with van der Waals surface area (Å²) in [5.74, 6) is -0.711. The average molecular weight is 425 g/mol. The van der Waals surface area contributed by atoms with Crippen LogP contribution in [-0.2, 0) is 12.6 Å². The number of halogens is 3. The summed E-state index contributed by atoms with van der Waals surface area (Å²) in [4.78, 5) is 30.5. The Hall–Kier alpha value is -3.68. The lowest BCUT2D eigenvalue weighted by Crippen LogP contribution is -2.28. The van der Waals surface area contributed by atoms with Gasteiger partial charge in [0.2, 0.25) is 0 Å². The number of nitrogens with one attached hydrogen (secondary N) is 1. The lowest BCUT2D eigenvalue weighted by Gasteiger charge is -2.17. The maximum absolute atomic E-state index is 12.9. The molecule has 0 fully saturated rings. The number of carbonyl (C=O) groups is 2. The standard InChI is InChI=1S/C23H18F3N3O2/c1-14-18(10-11-20(27-14)23(24,25)26)21(30)28-17-8-6-16(7-9-17)22(31)29-13-12-15-4-2-3-5-19(15)29/h2-11H,12-13H2,1H3,(H,28,30). The lowest BCUT2D eigenvalue weighted by atomic mass is 10.1. The number of amides is 2. The van der Waals surface area contributed by atoms with Gasteiger partial charge in [-0.05, 0) is 61.4 Å². The quantitative estimate of drug-likeness (QED) is 0.652. The highest BCUT2D eigenvalue weighted by atomic mass is 19.4. The van der Waals surface area contributed by atoms with Gasteiger partial charge in [0.05, 0.1) is 11.3 Å². The summed E-state index contributed by atoms with van der Waals surface area (Å²) >= 11 is 0. The zero-order valence-electron chi connectivity index (χ0n) is 16.5. The van der Waals surface area contributed by atoms with Crippen molar-refractivity contribution in [3.8, 4) is 0 Å². The molecule has 0 unspecified atom stereocenters. The molecule has 1 aliphatic heterocycles. The molecular weight excluding hydrogens is 407 g/mol. The summed E-state index contributed by atoms with van der Waals surface area (Å²) in [6.07, 6.45) is -3.77. The van der Waals surface area contributed by atoms with Crippen molar-refractivity contribution in [1.29, 1.82) is 0 Å². The average Bonchev–Trinajstić information content (AvgIpc) is 3.17. The summed E-state index contributed by atoms with van der Waals surface area (Å²) in [5.41, 5.74) is 1.89. The van der Waals surface area contributed by atoms with Gasteiger partial charge in [-0.3, -0.25) is 9.59 Å². The maximum Gasteiger partial charge on any atom is 0.433 e. The third kappa shape index (κ3) is 4.14. The third-order valence-electron chi connectivity index (χ3n) is 5.14. The molecule has 0 aliphatic carbocycles. The van der Waals surface area contributed by atoms with E-state index < -0.39 is 17.8 Å². The van der Waals surface area contributed by atoms with Crippen molar-refractivity contribution in [1.82, 2.24) is 4.98 Å². The summed E-state index contributed by atoms with van der Waals surface area (Å²) in [6, 6.07) is 16.0. The van der Waals surface area contributed by atoms with E-state index >= 15 is 0 Å². The predicted octanol–water partition coefficient (Wildman–Crippen LogP) is 4.86. The number of fused-ring (bicyclic) bond motifs is 1. The molecule has 158 valence electrons. The molecule has 5 nitrogen and oxygen atoms in total. The maximum atomic E-state index is 12.9. The van der Waals surface area contributed by atoms with Gasteiger partial charge in [-0.2, -0.15) is 13.2 Å². The number of hydrogen-bond donors (Lipinski definition) is 1. The highest BCUT2D eigenvalue weighted by Crippen LogP contribution is 2.30. The molecule has 0 saturated heterocycles. The topological polar surface area (TPSA) is 62.3 Å². The molecule has 1 aliphatic rings. The van der Waals surface area contributed by atoms with Gasteiger partial charge in [0.15, 0.2) is 0 Å². The molecule has 1 aromatic heterocycles. The van der Waals surface area contributed by atoms with E-state index in [1.807, 2.05) is 24.3 Å². The Kier molecular flexibility index (Phi) is 5.22. The number of pyridine rings is 1. The zero-order valence-corrected chi connectivity index (χ0v) is 16.5. The first-order valence-electron chi connectivity index (χ1n) is 9.60. The number of alkyl halides is 3. The molecule has 2 heterocycles. The van der Waals surface area contributed by atoms with E-state index in [0.717, 1.165) is 29.8 Å². The Morgan fingerprint density at radius 3 is 2.39 bits per heavy atom. The second-order valence-corrected chi connectivity index (χ2v) is 7.19. The molecule has 3 aromatic rings. The van der Waals surface area contributed by atoms with Crippen LogP contribution < -0.4 is 10.2 Å². The van der Waals surface area contributed by atoms with Gasteiger partial charge in [-0.25, -0.2) is 4.98 Å². The smallest absolute Gasteiger partial charge is 0.322 e. The van der Waals surface area contributed by atoms with Crippen molar-refractivity contribution in [2.45, 2.75) is 19.5 Å². The van der Waals surface area contributed by atoms with Gasteiger partial charge in [0.1, 0.15) is 5.69 Å².